The Hall–Kier alpha value is -1.17. The summed E-state index contributed by atoms with van der Waals surface area (Å²) in [5, 5.41) is 14.7. The summed E-state index contributed by atoms with van der Waals surface area (Å²) in [6.07, 6.45) is 3.47. The smallest absolute Gasteiger partial charge is 0.270 e. The molecule has 1 heterocycles. The van der Waals surface area contributed by atoms with Gasteiger partial charge in [0, 0.05) is 31.3 Å². The van der Waals surface area contributed by atoms with Crippen molar-refractivity contribution >= 4 is 17.3 Å². The van der Waals surface area contributed by atoms with Crippen LogP contribution >= 0.6 is 11.6 Å². The van der Waals surface area contributed by atoms with Crippen molar-refractivity contribution in [2.24, 2.45) is 0 Å². The molecule has 1 N–H and O–H groups in total. The summed E-state index contributed by atoms with van der Waals surface area (Å²) in [5.41, 5.74) is 1.01. The number of nitrogens with zero attached hydrogens (tertiary/aromatic N) is 2. The standard InChI is InChI=1S/C15H22ClN3O2/c1-2-8-18(14-4-3-7-17-10-14)11-12-5-6-13(19(20)21)9-15(12)16/h5-6,9,14,17H,2-4,7-8,10-11H2,1H3. The van der Waals surface area contributed by atoms with E-state index < -0.39 is 4.92 Å². The van der Waals surface area contributed by atoms with Crippen molar-refractivity contribution < 1.29 is 4.92 Å². The van der Waals surface area contributed by atoms with Crippen LogP contribution < -0.4 is 5.32 Å². The van der Waals surface area contributed by atoms with Crippen LogP contribution in [0.5, 0.6) is 0 Å². The molecule has 6 heteroatoms. The van der Waals surface area contributed by atoms with Gasteiger partial charge in [0.05, 0.1) is 9.95 Å². The van der Waals surface area contributed by atoms with Crippen LogP contribution in [0.2, 0.25) is 5.02 Å². The number of piperidine rings is 1. The highest BCUT2D eigenvalue weighted by Gasteiger charge is 2.21. The highest BCUT2D eigenvalue weighted by atomic mass is 35.5. The molecular weight excluding hydrogens is 290 g/mol. The molecule has 0 bridgehead atoms. The highest BCUT2D eigenvalue weighted by Crippen LogP contribution is 2.25. The zero-order valence-electron chi connectivity index (χ0n) is 12.3. The lowest BCUT2D eigenvalue weighted by Gasteiger charge is -2.34. The van der Waals surface area contributed by atoms with E-state index in [1.165, 1.54) is 25.0 Å². The number of benzene rings is 1. The minimum absolute atomic E-state index is 0.0464. The van der Waals surface area contributed by atoms with E-state index in [4.69, 9.17) is 11.6 Å². The molecule has 0 aromatic heterocycles. The van der Waals surface area contributed by atoms with Crippen molar-refractivity contribution in [1.29, 1.82) is 0 Å². The molecule has 0 amide bonds. The topological polar surface area (TPSA) is 58.4 Å². The number of hydrogen-bond donors (Lipinski definition) is 1. The largest absolute Gasteiger partial charge is 0.315 e. The monoisotopic (exact) mass is 311 g/mol. The van der Waals surface area contributed by atoms with Gasteiger partial charge >= 0.3 is 0 Å². The SMILES string of the molecule is CCCN(Cc1ccc([N+](=O)[O-])cc1Cl)C1CCCNC1. The predicted molar refractivity (Wildman–Crippen MR) is 84.7 cm³/mol. The van der Waals surface area contributed by atoms with Gasteiger partial charge in [-0.15, -0.1) is 0 Å². The van der Waals surface area contributed by atoms with Crippen LogP contribution in [-0.4, -0.2) is 35.5 Å². The van der Waals surface area contributed by atoms with Gasteiger partial charge < -0.3 is 5.32 Å². The van der Waals surface area contributed by atoms with Gasteiger partial charge in [-0.05, 0) is 44.0 Å². The average molecular weight is 312 g/mol. The molecule has 116 valence electrons. The summed E-state index contributed by atoms with van der Waals surface area (Å²) in [7, 11) is 0. The molecular formula is C15H22ClN3O2. The van der Waals surface area contributed by atoms with E-state index in [2.05, 4.69) is 17.1 Å². The molecule has 5 nitrogen and oxygen atoms in total. The molecule has 0 radical (unpaired) electrons. The van der Waals surface area contributed by atoms with E-state index in [1.807, 2.05) is 0 Å². The molecule has 21 heavy (non-hydrogen) atoms. The minimum Gasteiger partial charge on any atom is -0.315 e. The Morgan fingerprint density at radius 3 is 2.90 bits per heavy atom. The first kappa shape index (κ1) is 16.2. The average Bonchev–Trinajstić information content (AvgIpc) is 2.49. The maximum absolute atomic E-state index is 10.8. The molecule has 1 aliphatic heterocycles. The second kappa shape index (κ2) is 7.73. The quantitative estimate of drug-likeness (QED) is 0.647. The Morgan fingerprint density at radius 2 is 2.33 bits per heavy atom. The summed E-state index contributed by atoms with van der Waals surface area (Å²) in [6.45, 7) is 6.02. The number of nitro groups is 1. The molecule has 1 fully saturated rings. The van der Waals surface area contributed by atoms with E-state index in [9.17, 15) is 10.1 Å². The van der Waals surface area contributed by atoms with Crippen LogP contribution in [0.3, 0.4) is 0 Å². The van der Waals surface area contributed by atoms with Crippen LogP contribution in [0, 0.1) is 10.1 Å². The van der Waals surface area contributed by atoms with Gasteiger partial charge in [0.25, 0.3) is 5.69 Å². The minimum atomic E-state index is -0.412. The number of nitro benzene ring substituents is 1. The molecule has 1 unspecified atom stereocenters. The fourth-order valence-corrected chi connectivity index (χ4v) is 3.05. The molecule has 1 atom stereocenters. The summed E-state index contributed by atoms with van der Waals surface area (Å²) in [6, 6.07) is 5.27. The van der Waals surface area contributed by atoms with Gasteiger partial charge in [0.15, 0.2) is 0 Å². The molecule has 0 aliphatic carbocycles. The number of nitrogens with one attached hydrogen (secondary N) is 1. The zero-order valence-corrected chi connectivity index (χ0v) is 13.1. The van der Waals surface area contributed by atoms with Crippen molar-refractivity contribution in [1.82, 2.24) is 10.2 Å². The Kier molecular flexibility index (Phi) is 5.96. The first-order valence-corrected chi connectivity index (χ1v) is 7.87. The Morgan fingerprint density at radius 1 is 1.52 bits per heavy atom. The number of non-ortho nitro benzene ring substituents is 1. The van der Waals surface area contributed by atoms with Gasteiger partial charge in [0.1, 0.15) is 0 Å². The maximum Gasteiger partial charge on any atom is 0.270 e. The lowest BCUT2D eigenvalue weighted by molar-refractivity contribution is -0.384. The van der Waals surface area contributed by atoms with E-state index in [0.29, 0.717) is 11.1 Å². The van der Waals surface area contributed by atoms with Crippen molar-refractivity contribution in [2.45, 2.75) is 38.8 Å². The first-order chi connectivity index (χ1) is 10.1. The van der Waals surface area contributed by atoms with E-state index in [-0.39, 0.29) is 5.69 Å². The second-order valence-corrected chi connectivity index (χ2v) is 5.91. The molecule has 2 rings (SSSR count). The fourth-order valence-electron chi connectivity index (χ4n) is 2.82. The van der Waals surface area contributed by atoms with E-state index in [0.717, 1.165) is 38.2 Å². The molecule has 0 saturated carbocycles. The number of halogens is 1. The Labute approximate surface area is 130 Å². The molecule has 1 aromatic carbocycles. The lowest BCUT2D eigenvalue weighted by Crippen LogP contribution is -2.45. The Balaban J connectivity index is 2.10. The van der Waals surface area contributed by atoms with Gasteiger partial charge in [-0.25, -0.2) is 0 Å². The van der Waals surface area contributed by atoms with Crippen LogP contribution in [0.15, 0.2) is 18.2 Å². The van der Waals surface area contributed by atoms with Gasteiger partial charge in [-0.3, -0.25) is 15.0 Å². The van der Waals surface area contributed by atoms with Gasteiger partial charge in [-0.2, -0.15) is 0 Å². The van der Waals surface area contributed by atoms with Crippen molar-refractivity contribution in [3.05, 3.63) is 38.9 Å². The first-order valence-electron chi connectivity index (χ1n) is 7.49. The normalized spacial score (nSPS) is 18.9. The Bertz CT molecular complexity index is 490. The van der Waals surface area contributed by atoms with Gasteiger partial charge in [-0.1, -0.05) is 18.5 Å². The molecule has 0 spiro atoms. The third kappa shape index (κ3) is 4.40. The van der Waals surface area contributed by atoms with Crippen LogP contribution in [-0.2, 0) is 6.54 Å². The van der Waals surface area contributed by atoms with Crippen molar-refractivity contribution in [2.75, 3.05) is 19.6 Å². The maximum atomic E-state index is 10.8. The number of hydrogen-bond acceptors (Lipinski definition) is 4. The van der Waals surface area contributed by atoms with Crippen LogP contribution in [0.25, 0.3) is 0 Å². The van der Waals surface area contributed by atoms with Crippen molar-refractivity contribution in [3.8, 4) is 0 Å². The summed E-state index contributed by atoms with van der Waals surface area (Å²) < 4.78 is 0. The molecule has 1 saturated heterocycles. The summed E-state index contributed by atoms with van der Waals surface area (Å²) in [4.78, 5) is 12.8. The van der Waals surface area contributed by atoms with Crippen molar-refractivity contribution in [3.63, 3.8) is 0 Å². The predicted octanol–water partition coefficient (Wildman–Crippen LogP) is 3.21. The van der Waals surface area contributed by atoms with E-state index >= 15 is 0 Å². The molecule has 1 aromatic rings. The zero-order chi connectivity index (χ0) is 15.2. The number of rotatable bonds is 6. The third-order valence-corrected chi connectivity index (χ3v) is 4.27. The molecule has 1 aliphatic rings. The third-order valence-electron chi connectivity index (χ3n) is 3.92. The second-order valence-electron chi connectivity index (χ2n) is 5.50. The summed E-state index contributed by atoms with van der Waals surface area (Å²) >= 11 is 6.21. The van der Waals surface area contributed by atoms with E-state index in [1.54, 1.807) is 6.07 Å². The lowest BCUT2D eigenvalue weighted by atomic mass is 10.0. The van der Waals surface area contributed by atoms with Crippen LogP contribution in [0.4, 0.5) is 5.69 Å². The summed E-state index contributed by atoms with van der Waals surface area (Å²) in [5.74, 6) is 0. The van der Waals surface area contributed by atoms with Crippen LogP contribution in [0.1, 0.15) is 31.7 Å². The fraction of sp³-hybridized carbons (Fsp3) is 0.600. The van der Waals surface area contributed by atoms with Gasteiger partial charge in [0.2, 0.25) is 0 Å². The highest BCUT2D eigenvalue weighted by molar-refractivity contribution is 6.31.